The SMILES string of the molecule is COc1ccc(COc2cc(N3CCOCC3)cc(-c3cccc4c3Sc3ccc(NC5CN(C(=O)O)CC5O)cc3S4)n2)cc1. The number of ether oxygens (including phenoxy) is 3. The zero-order valence-electron chi connectivity index (χ0n) is 25.2. The average molecular weight is 659 g/mol. The van der Waals surface area contributed by atoms with Crippen LogP contribution in [0.1, 0.15) is 5.56 Å². The standard InChI is InChI=1S/C34H34N4O6S2/c1-42-24-8-5-21(6-9-24)20-44-32-17-23(37-11-13-43-14-12-37)16-26(36-32)25-3-2-4-30-33(25)46-29-10-7-22(15-31(29)45-30)35-27-18-38(34(40)41)19-28(27)39/h2-10,15-17,27-28,35,39H,11-14,18-20H2,1H3,(H,40,41). The second-order valence-corrected chi connectivity index (χ2v) is 13.4. The first-order valence-corrected chi connectivity index (χ1v) is 16.7. The number of anilines is 2. The third kappa shape index (κ3) is 6.57. The van der Waals surface area contributed by atoms with Crippen LogP contribution in [0, 0.1) is 0 Å². The van der Waals surface area contributed by atoms with E-state index in [9.17, 15) is 15.0 Å². The first-order valence-electron chi connectivity index (χ1n) is 15.1. The van der Waals surface area contributed by atoms with Crippen LogP contribution in [0.15, 0.2) is 92.4 Å². The van der Waals surface area contributed by atoms with Gasteiger partial charge in [-0.25, -0.2) is 9.78 Å². The number of fused-ring (bicyclic) bond motifs is 2. The van der Waals surface area contributed by atoms with Crippen molar-refractivity contribution in [3.63, 3.8) is 0 Å². The van der Waals surface area contributed by atoms with Crippen molar-refractivity contribution in [1.29, 1.82) is 0 Å². The Hall–Kier alpha value is -4.10. The summed E-state index contributed by atoms with van der Waals surface area (Å²) in [5, 5.41) is 23.1. The van der Waals surface area contributed by atoms with Crippen molar-refractivity contribution >= 4 is 41.0 Å². The second kappa shape index (κ2) is 13.3. The summed E-state index contributed by atoms with van der Waals surface area (Å²) in [7, 11) is 1.65. The van der Waals surface area contributed by atoms with Crippen molar-refractivity contribution < 1.29 is 29.2 Å². The van der Waals surface area contributed by atoms with Crippen molar-refractivity contribution in [1.82, 2.24) is 9.88 Å². The molecule has 0 spiro atoms. The summed E-state index contributed by atoms with van der Waals surface area (Å²) in [6.07, 6.45) is -1.78. The van der Waals surface area contributed by atoms with E-state index in [4.69, 9.17) is 19.2 Å². The highest BCUT2D eigenvalue weighted by molar-refractivity contribution is 8.05. The van der Waals surface area contributed by atoms with Gasteiger partial charge in [0.15, 0.2) is 0 Å². The molecule has 2 fully saturated rings. The fourth-order valence-corrected chi connectivity index (χ4v) is 8.19. The van der Waals surface area contributed by atoms with Gasteiger partial charge in [0.25, 0.3) is 0 Å². The van der Waals surface area contributed by atoms with Gasteiger partial charge in [0, 0.05) is 62.2 Å². The normalized spacial score (nSPS) is 18.9. The minimum atomic E-state index is -1.02. The molecule has 4 aromatic rings. The minimum absolute atomic E-state index is 0.105. The lowest BCUT2D eigenvalue weighted by molar-refractivity contribution is 0.122. The molecule has 2 unspecified atom stereocenters. The quantitative estimate of drug-likeness (QED) is 0.184. The highest BCUT2D eigenvalue weighted by Gasteiger charge is 2.34. The monoisotopic (exact) mass is 658 g/mol. The summed E-state index contributed by atoms with van der Waals surface area (Å²) < 4.78 is 17.2. The Labute approximate surface area is 275 Å². The van der Waals surface area contributed by atoms with Crippen LogP contribution in [0.5, 0.6) is 11.6 Å². The van der Waals surface area contributed by atoms with E-state index in [0.717, 1.165) is 66.6 Å². The third-order valence-corrected chi connectivity index (χ3v) is 10.8. The smallest absolute Gasteiger partial charge is 0.407 e. The Balaban J connectivity index is 1.15. The number of amides is 1. The number of hydrogen-bond donors (Lipinski definition) is 3. The molecule has 0 aliphatic carbocycles. The number of carboxylic acid groups (broad SMARTS) is 1. The number of nitrogens with one attached hydrogen (secondary N) is 1. The van der Waals surface area contributed by atoms with Crippen LogP contribution in [0.3, 0.4) is 0 Å². The number of aliphatic hydroxyl groups excluding tert-OH is 1. The number of pyridine rings is 1. The zero-order valence-corrected chi connectivity index (χ0v) is 26.9. The van der Waals surface area contributed by atoms with E-state index in [-0.39, 0.29) is 19.1 Å². The molecule has 3 aliphatic rings. The maximum atomic E-state index is 11.4. The number of morpholine rings is 1. The summed E-state index contributed by atoms with van der Waals surface area (Å²) in [5.74, 6) is 1.36. The molecule has 0 bridgehead atoms. The lowest BCUT2D eigenvalue weighted by Gasteiger charge is -2.29. The predicted molar refractivity (Wildman–Crippen MR) is 178 cm³/mol. The van der Waals surface area contributed by atoms with Crippen LogP contribution in [0.25, 0.3) is 11.3 Å². The Morgan fingerprint density at radius 2 is 1.83 bits per heavy atom. The molecule has 238 valence electrons. The summed E-state index contributed by atoms with van der Waals surface area (Å²) in [4.78, 5) is 24.4. The van der Waals surface area contributed by atoms with E-state index in [1.54, 1.807) is 30.6 Å². The van der Waals surface area contributed by atoms with Gasteiger partial charge in [0.05, 0.1) is 44.7 Å². The van der Waals surface area contributed by atoms with Crippen molar-refractivity contribution in [3.05, 3.63) is 78.4 Å². The van der Waals surface area contributed by atoms with Gasteiger partial charge in [-0.3, -0.25) is 0 Å². The van der Waals surface area contributed by atoms with Gasteiger partial charge in [-0.1, -0.05) is 47.8 Å². The van der Waals surface area contributed by atoms with Gasteiger partial charge in [0.1, 0.15) is 12.4 Å². The Kier molecular flexibility index (Phi) is 8.85. The summed E-state index contributed by atoms with van der Waals surface area (Å²) in [5.41, 5.74) is 4.81. The third-order valence-electron chi connectivity index (χ3n) is 8.25. The Morgan fingerprint density at radius 3 is 2.59 bits per heavy atom. The van der Waals surface area contributed by atoms with Crippen LogP contribution >= 0.6 is 23.5 Å². The summed E-state index contributed by atoms with van der Waals surface area (Å²) in [6.45, 7) is 3.69. The fourth-order valence-electron chi connectivity index (χ4n) is 5.78. The maximum absolute atomic E-state index is 11.4. The van der Waals surface area contributed by atoms with Crippen LogP contribution < -0.4 is 19.7 Å². The van der Waals surface area contributed by atoms with Crippen LogP contribution in [-0.4, -0.2) is 84.8 Å². The van der Waals surface area contributed by atoms with Gasteiger partial charge < -0.3 is 39.5 Å². The second-order valence-electron chi connectivity index (χ2n) is 11.3. The molecule has 3 aliphatic heterocycles. The molecule has 10 nitrogen and oxygen atoms in total. The van der Waals surface area contributed by atoms with Gasteiger partial charge in [-0.2, -0.15) is 0 Å². The van der Waals surface area contributed by atoms with Gasteiger partial charge >= 0.3 is 6.09 Å². The van der Waals surface area contributed by atoms with Gasteiger partial charge in [0.2, 0.25) is 5.88 Å². The van der Waals surface area contributed by atoms with Crippen molar-refractivity contribution in [2.45, 2.75) is 38.3 Å². The number of nitrogens with zero attached hydrogens (tertiary/aromatic N) is 3. The van der Waals surface area contributed by atoms with Crippen LogP contribution in [0.4, 0.5) is 16.2 Å². The molecule has 3 aromatic carbocycles. The van der Waals surface area contributed by atoms with E-state index in [2.05, 4.69) is 46.6 Å². The number of β-amino-alcohol motifs (C(OH)–C–C–N with tert-alkyl or cyclic N) is 1. The van der Waals surface area contributed by atoms with Crippen molar-refractivity contribution in [3.8, 4) is 22.9 Å². The minimum Gasteiger partial charge on any atom is -0.497 e. The van der Waals surface area contributed by atoms with Gasteiger partial charge in [-0.15, -0.1) is 0 Å². The molecule has 12 heteroatoms. The zero-order chi connectivity index (χ0) is 31.6. The summed E-state index contributed by atoms with van der Waals surface area (Å²) >= 11 is 3.40. The number of aliphatic hydroxyl groups is 1. The molecule has 0 saturated carbocycles. The number of carbonyl (C=O) groups is 1. The largest absolute Gasteiger partial charge is 0.497 e. The van der Waals surface area contributed by atoms with E-state index in [0.29, 0.717) is 25.7 Å². The average Bonchev–Trinajstić information content (AvgIpc) is 3.46. The molecule has 4 heterocycles. The summed E-state index contributed by atoms with van der Waals surface area (Å²) in [6, 6.07) is 24.1. The molecule has 2 saturated heterocycles. The van der Waals surface area contributed by atoms with E-state index >= 15 is 0 Å². The molecule has 1 amide bonds. The Bertz CT molecular complexity index is 1730. The van der Waals surface area contributed by atoms with Crippen molar-refractivity contribution in [2.75, 3.05) is 56.7 Å². The first-order chi connectivity index (χ1) is 22.4. The first kappa shape index (κ1) is 30.5. The molecule has 2 atom stereocenters. The molecule has 46 heavy (non-hydrogen) atoms. The predicted octanol–water partition coefficient (Wildman–Crippen LogP) is 5.92. The van der Waals surface area contributed by atoms with Crippen LogP contribution in [-0.2, 0) is 11.3 Å². The van der Waals surface area contributed by atoms with Crippen LogP contribution in [0.2, 0.25) is 0 Å². The van der Waals surface area contributed by atoms with Gasteiger partial charge in [-0.05, 0) is 48.0 Å². The van der Waals surface area contributed by atoms with E-state index in [1.807, 2.05) is 36.4 Å². The fraction of sp³-hybridized carbons (Fsp3) is 0.294. The molecular formula is C34H34N4O6S2. The number of benzene rings is 3. The molecule has 7 rings (SSSR count). The topological polar surface area (TPSA) is 117 Å². The number of rotatable bonds is 8. The molecule has 1 aromatic heterocycles. The molecular weight excluding hydrogens is 625 g/mol. The maximum Gasteiger partial charge on any atom is 0.407 e. The Morgan fingerprint density at radius 1 is 1.00 bits per heavy atom. The number of likely N-dealkylation sites (tertiary alicyclic amines) is 1. The molecule has 3 N–H and O–H groups in total. The highest BCUT2D eigenvalue weighted by Crippen LogP contribution is 2.52. The molecule has 0 radical (unpaired) electrons. The van der Waals surface area contributed by atoms with E-state index in [1.165, 1.54) is 4.90 Å². The van der Waals surface area contributed by atoms with Crippen molar-refractivity contribution in [2.24, 2.45) is 0 Å². The highest BCUT2D eigenvalue weighted by atomic mass is 32.2. The number of hydrogen-bond acceptors (Lipinski definition) is 10. The number of methoxy groups -OCH3 is 1. The lowest BCUT2D eigenvalue weighted by Crippen LogP contribution is -2.36. The number of aromatic nitrogens is 1. The van der Waals surface area contributed by atoms with E-state index < -0.39 is 12.2 Å². The lowest BCUT2D eigenvalue weighted by atomic mass is 10.1.